The zero-order chi connectivity index (χ0) is 12.8. The quantitative estimate of drug-likeness (QED) is 0.805. The summed E-state index contributed by atoms with van der Waals surface area (Å²) in [6, 6.07) is 10.6. The second-order valence-corrected chi connectivity index (χ2v) is 5.95. The molecular weight excluding hydrogens is 240 g/mol. The Morgan fingerprint density at radius 2 is 2.06 bits per heavy atom. The molecule has 3 heteroatoms. The summed E-state index contributed by atoms with van der Waals surface area (Å²) in [4.78, 5) is 5.66. The first-order valence-corrected chi connectivity index (χ1v) is 7.24. The summed E-state index contributed by atoms with van der Waals surface area (Å²) in [5, 5.41) is 4.74. The average Bonchev–Trinajstić information content (AvgIpc) is 2.81. The van der Waals surface area contributed by atoms with Gasteiger partial charge >= 0.3 is 0 Å². The average molecular weight is 260 g/mol. The minimum atomic E-state index is 0.559. The van der Waals surface area contributed by atoms with Crippen LogP contribution in [0, 0.1) is 6.92 Å². The van der Waals surface area contributed by atoms with Crippen LogP contribution >= 0.6 is 11.3 Å². The van der Waals surface area contributed by atoms with Gasteiger partial charge in [-0.15, -0.1) is 11.3 Å². The molecule has 0 radical (unpaired) electrons. The van der Waals surface area contributed by atoms with Gasteiger partial charge in [0.15, 0.2) is 0 Å². The smallest absolute Gasteiger partial charge is 0.0940 e. The number of hydrogen-bond acceptors (Lipinski definition) is 3. The van der Waals surface area contributed by atoms with Crippen molar-refractivity contribution in [3.63, 3.8) is 0 Å². The largest absolute Gasteiger partial charge is 0.316 e. The van der Waals surface area contributed by atoms with E-state index in [1.807, 2.05) is 6.20 Å². The second-order valence-electron chi connectivity index (χ2n) is 4.63. The molecule has 1 N–H and O–H groups in total. The lowest BCUT2D eigenvalue weighted by Gasteiger charge is -2.12. The van der Waals surface area contributed by atoms with Crippen LogP contribution in [0.4, 0.5) is 0 Å². The fraction of sp³-hybridized carbons (Fsp3) is 0.400. The van der Waals surface area contributed by atoms with Gasteiger partial charge in [0.2, 0.25) is 0 Å². The highest BCUT2D eigenvalue weighted by atomic mass is 32.1. The number of nitrogens with zero attached hydrogens (tertiary/aromatic N) is 1. The van der Waals surface area contributed by atoms with Crippen molar-refractivity contribution in [3.05, 3.63) is 52.0 Å². The molecule has 18 heavy (non-hydrogen) atoms. The maximum Gasteiger partial charge on any atom is 0.0940 e. The Morgan fingerprint density at radius 3 is 2.72 bits per heavy atom. The molecule has 1 heterocycles. The standard InChI is InChI=1S/C15H20N2S/c1-12(14-6-4-3-5-7-14)10-16-9-8-15-17-11-13(2)18-15/h3-7,11-12,16H,8-10H2,1-2H3. The Balaban J connectivity index is 1.69. The zero-order valence-corrected chi connectivity index (χ0v) is 11.8. The zero-order valence-electron chi connectivity index (χ0n) is 11.0. The van der Waals surface area contributed by atoms with Crippen LogP contribution in [0.25, 0.3) is 0 Å². The molecule has 0 aliphatic carbocycles. The van der Waals surface area contributed by atoms with E-state index in [2.05, 4.69) is 54.5 Å². The SMILES string of the molecule is Cc1cnc(CCNCC(C)c2ccccc2)s1. The molecule has 0 fully saturated rings. The molecule has 2 rings (SSSR count). The van der Waals surface area contributed by atoms with Crippen LogP contribution in [-0.4, -0.2) is 18.1 Å². The molecule has 0 aliphatic rings. The van der Waals surface area contributed by atoms with Crippen LogP contribution in [0.2, 0.25) is 0 Å². The van der Waals surface area contributed by atoms with Gasteiger partial charge in [-0.25, -0.2) is 4.98 Å². The first kappa shape index (κ1) is 13.2. The number of benzene rings is 1. The monoisotopic (exact) mass is 260 g/mol. The Labute approximate surface area is 113 Å². The third-order valence-corrected chi connectivity index (χ3v) is 3.98. The summed E-state index contributed by atoms with van der Waals surface area (Å²) < 4.78 is 0. The lowest BCUT2D eigenvalue weighted by molar-refractivity contribution is 0.614. The van der Waals surface area contributed by atoms with Crippen molar-refractivity contribution in [1.29, 1.82) is 0 Å². The van der Waals surface area contributed by atoms with Gasteiger partial charge in [-0.2, -0.15) is 0 Å². The van der Waals surface area contributed by atoms with Gasteiger partial charge in [0.25, 0.3) is 0 Å². The van der Waals surface area contributed by atoms with Gasteiger partial charge in [-0.3, -0.25) is 0 Å². The molecule has 1 aromatic heterocycles. The number of aryl methyl sites for hydroxylation is 1. The lowest BCUT2D eigenvalue weighted by atomic mass is 10.0. The van der Waals surface area contributed by atoms with Crippen LogP contribution in [-0.2, 0) is 6.42 Å². The molecule has 1 unspecified atom stereocenters. The first-order chi connectivity index (χ1) is 8.75. The van der Waals surface area contributed by atoms with Crippen molar-refractivity contribution in [3.8, 4) is 0 Å². The molecular formula is C15H20N2S. The van der Waals surface area contributed by atoms with E-state index in [0.717, 1.165) is 19.5 Å². The molecule has 0 saturated heterocycles. The fourth-order valence-corrected chi connectivity index (χ4v) is 2.72. The maximum atomic E-state index is 4.37. The lowest BCUT2D eigenvalue weighted by Crippen LogP contribution is -2.22. The maximum absolute atomic E-state index is 4.37. The Hall–Kier alpha value is -1.19. The molecule has 1 aromatic carbocycles. The van der Waals surface area contributed by atoms with Gasteiger partial charge in [-0.05, 0) is 18.4 Å². The van der Waals surface area contributed by atoms with E-state index in [0.29, 0.717) is 5.92 Å². The predicted octanol–water partition coefficient (Wildman–Crippen LogP) is 3.39. The number of thiazole rings is 1. The van der Waals surface area contributed by atoms with E-state index >= 15 is 0 Å². The molecule has 1 atom stereocenters. The highest BCUT2D eigenvalue weighted by Gasteiger charge is 2.04. The highest BCUT2D eigenvalue weighted by Crippen LogP contribution is 2.13. The summed E-state index contributed by atoms with van der Waals surface area (Å²) in [7, 11) is 0. The Kier molecular flexibility index (Phi) is 4.90. The second kappa shape index (κ2) is 6.66. The van der Waals surface area contributed by atoms with E-state index in [1.165, 1.54) is 15.4 Å². The topological polar surface area (TPSA) is 24.9 Å². The predicted molar refractivity (Wildman–Crippen MR) is 78.3 cm³/mol. The van der Waals surface area contributed by atoms with Crippen molar-refractivity contribution in [2.45, 2.75) is 26.2 Å². The summed E-state index contributed by atoms with van der Waals surface area (Å²) in [6.45, 7) is 6.39. The molecule has 0 aliphatic heterocycles. The van der Waals surface area contributed by atoms with E-state index in [1.54, 1.807) is 11.3 Å². The van der Waals surface area contributed by atoms with E-state index in [-0.39, 0.29) is 0 Å². The Bertz CT molecular complexity index is 464. The van der Waals surface area contributed by atoms with Gasteiger partial charge < -0.3 is 5.32 Å². The molecule has 96 valence electrons. The molecule has 0 saturated carbocycles. The van der Waals surface area contributed by atoms with Gasteiger partial charge in [0.1, 0.15) is 0 Å². The van der Waals surface area contributed by atoms with Crippen LogP contribution < -0.4 is 5.32 Å². The normalized spacial score (nSPS) is 12.6. The van der Waals surface area contributed by atoms with Crippen molar-refractivity contribution < 1.29 is 0 Å². The van der Waals surface area contributed by atoms with Crippen molar-refractivity contribution in [2.24, 2.45) is 0 Å². The van der Waals surface area contributed by atoms with Gasteiger partial charge in [0.05, 0.1) is 5.01 Å². The summed E-state index contributed by atoms with van der Waals surface area (Å²) in [5.74, 6) is 0.559. The van der Waals surface area contributed by atoms with Crippen LogP contribution in [0.3, 0.4) is 0 Å². The third-order valence-electron chi connectivity index (χ3n) is 3.00. The summed E-state index contributed by atoms with van der Waals surface area (Å²) in [6.07, 6.45) is 2.98. The first-order valence-electron chi connectivity index (χ1n) is 6.42. The molecule has 2 aromatic rings. The fourth-order valence-electron chi connectivity index (χ4n) is 1.93. The molecule has 0 spiro atoms. The van der Waals surface area contributed by atoms with Gasteiger partial charge in [0, 0.05) is 30.6 Å². The van der Waals surface area contributed by atoms with Crippen molar-refractivity contribution >= 4 is 11.3 Å². The minimum Gasteiger partial charge on any atom is -0.316 e. The van der Waals surface area contributed by atoms with Gasteiger partial charge in [-0.1, -0.05) is 37.3 Å². The number of aromatic nitrogens is 1. The Morgan fingerprint density at radius 1 is 1.28 bits per heavy atom. The van der Waals surface area contributed by atoms with E-state index < -0.39 is 0 Å². The number of rotatable bonds is 6. The third kappa shape index (κ3) is 3.93. The van der Waals surface area contributed by atoms with Crippen LogP contribution in [0.15, 0.2) is 36.5 Å². The highest BCUT2D eigenvalue weighted by molar-refractivity contribution is 7.11. The number of nitrogens with one attached hydrogen (secondary N) is 1. The summed E-state index contributed by atoms with van der Waals surface area (Å²) in [5.41, 5.74) is 1.40. The van der Waals surface area contributed by atoms with Crippen molar-refractivity contribution in [2.75, 3.05) is 13.1 Å². The summed E-state index contributed by atoms with van der Waals surface area (Å²) >= 11 is 1.79. The van der Waals surface area contributed by atoms with E-state index in [4.69, 9.17) is 0 Å². The molecule has 0 bridgehead atoms. The van der Waals surface area contributed by atoms with Crippen LogP contribution in [0.1, 0.15) is 28.3 Å². The number of hydrogen-bond donors (Lipinski definition) is 1. The van der Waals surface area contributed by atoms with E-state index in [9.17, 15) is 0 Å². The minimum absolute atomic E-state index is 0.559. The van der Waals surface area contributed by atoms with Crippen LogP contribution in [0.5, 0.6) is 0 Å². The van der Waals surface area contributed by atoms with Crippen molar-refractivity contribution in [1.82, 2.24) is 10.3 Å². The molecule has 2 nitrogen and oxygen atoms in total. The molecule has 0 amide bonds.